The first kappa shape index (κ1) is 18.4. The van der Waals surface area contributed by atoms with Gasteiger partial charge in [-0.15, -0.1) is 10.2 Å². The lowest BCUT2D eigenvalue weighted by atomic mass is 9.97. The highest BCUT2D eigenvalue weighted by Crippen LogP contribution is 2.28. The minimum Gasteiger partial charge on any atom is -0.411 e. The molecule has 1 aromatic carbocycles. The van der Waals surface area contributed by atoms with E-state index in [0.29, 0.717) is 24.2 Å². The average Bonchev–Trinajstić information content (AvgIpc) is 3.10. The van der Waals surface area contributed by atoms with Crippen LogP contribution >= 0.6 is 11.8 Å². The number of rotatable bonds is 5. The number of primary amides is 1. The summed E-state index contributed by atoms with van der Waals surface area (Å²) < 4.78 is 5.67. The van der Waals surface area contributed by atoms with Crippen LogP contribution in [0.25, 0.3) is 11.5 Å². The van der Waals surface area contributed by atoms with E-state index in [4.69, 9.17) is 10.2 Å². The summed E-state index contributed by atoms with van der Waals surface area (Å²) >= 11 is 1.23. The number of piperidine rings is 1. The molecule has 0 saturated carbocycles. The molecule has 2 atom stereocenters. The molecule has 3 rings (SSSR count). The van der Waals surface area contributed by atoms with Crippen molar-refractivity contribution in [3.63, 3.8) is 0 Å². The van der Waals surface area contributed by atoms with E-state index < -0.39 is 0 Å². The summed E-state index contributed by atoms with van der Waals surface area (Å²) in [4.78, 5) is 25.7. The molecule has 2 N–H and O–H groups in total. The Morgan fingerprint density at radius 1 is 1.31 bits per heavy atom. The predicted octanol–water partition coefficient (Wildman–Crippen LogP) is 2.25. The molecule has 1 aliphatic rings. The Kier molecular flexibility index (Phi) is 5.61. The maximum atomic E-state index is 12.6. The molecule has 1 saturated heterocycles. The van der Waals surface area contributed by atoms with Gasteiger partial charge in [-0.3, -0.25) is 9.59 Å². The Morgan fingerprint density at radius 3 is 2.73 bits per heavy atom. The largest absolute Gasteiger partial charge is 0.411 e. The highest BCUT2D eigenvalue weighted by atomic mass is 32.2. The van der Waals surface area contributed by atoms with Crippen LogP contribution in [0.15, 0.2) is 33.9 Å². The summed E-state index contributed by atoms with van der Waals surface area (Å²) in [6.45, 7) is 4.84. The van der Waals surface area contributed by atoms with Crippen molar-refractivity contribution in [1.82, 2.24) is 15.1 Å². The number of nitrogens with zero attached hydrogens (tertiary/aromatic N) is 3. The van der Waals surface area contributed by atoms with Crippen molar-refractivity contribution in [2.24, 2.45) is 11.7 Å². The molecule has 7 nitrogen and oxygen atoms in total. The molecule has 0 bridgehead atoms. The molecule has 138 valence electrons. The van der Waals surface area contributed by atoms with Gasteiger partial charge >= 0.3 is 0 Å². The predicted molar refractivity (Wildman–Crippen MR) is 98.3 cm³/mol. The Labute approximate surface area is 156 Å². The lowest BCUT2D eigenvalue weighted by molar-refractivity contribution is -0.134. The van der Waals surface area contributed by atoms with Gasteiger partial charge in [0.1, 0.15) is 0 Å². The SMILES string of the molecule is Cc1ccc(-c2nnc(SC(C)C(=O)N3CCCC(C(N)=O)C3)o2)cc1. The quantitative estimate of drug-likeness (QED) is 0.805. The zero-order valence-corrected chi connectivity index (χ0v) is 15.7. The lowest BCUT2D eigenvalue weighted by Crippen LogP contribution is -2.46. The van der Waals surface area contributed by atoms with Gasteiger partial charge in [-0.2, -0.15) is 0 Å². The fourth-order valence-electron chi connectivity index (χ4n) is 2.94. The maximum absolute atomic E-state index is 12.6. The van der Waals surface area contributed by atoms with Gasteiger partial charge in [-0.1, -0.05) is 29.5 Å². The Balaban J connectivity index is 1.62. The first-order valence-corrected chi connectivity index (χ1v) is 9.47. The number of carbonyl (C=O) groups is 2. The monoisotopic (exact) mass is 374 g/mol. The minimum absolute atomic E-state index is 0.0453. The normalized spacial score (nSPS) is 18.5. The summed E-state index contributed by atoms with van der Waals surface area (Å²) in [7, 11) is 0. The lowest BCUT2D eigenvalue weighted by Gasteiger charge is -2.32. The van der Waals surface area contributed by atoms with Crippen LogP contribution in [0.3, 0.4) is 0 Å². The minimum atomic E-state index is -0.382. The topological polar surface area (TPSA) is 102 Å². The van der Waals surface area contributed by atoms with E-state index in [1.54, 1.807) is 11.8 Å². The summed E-state index contributed by atoms with van der Waals surface area (Å²) in [5, 5.41) is 8.05. The molecular formula is C18H22N4O3S. The van der Waals surface area contributed by atoms with Crippen LogP contribution in [0.5, 0.6) is 0 Å². The van der Waals surface area contributed by atoms with E-state index in [1.165, 1.54) is 11.8 Å². The van der Waals surface area contributed by atoms with E-state index in [1.807, 2.05) is 31.2 Å². The Bertz CT molecular complexity index is 790. The molecule has 2 amide bonds. The fourth-order valence-corrected chi connectivity index (χ4v) is 3.71. The molecule has 8 heteroatoms. The van der Waals surface area contributed by atoms with Crippen molar-refractivity contribution in [1.29, 1.82) is 0 Å². The number of nitrogens with two attached hydrogens (primary N) is 1. The Morgan fingerprint density at radius 2 is 2.04 bits per heavy atom. The molecule has 1 aromatic heterocycles. The average molecular weight is 374 g/mol. The highest BCUT2D eigenvalue weighted by Gasteiger charge is 2.30. The van der Waals surface area contributed by atoms with E-state index in [-0.39, 0.29) is 23.0 Å². The zero-order chi connectivity index (χ0) is 18.7. The van der Waals surface area contributed by atoms with Gasteiger partial charge in [0, 0.05) is 18.7 Å². The number of thioether (sulfide) groups is 1. The molecule has 2 aromatic rings. The third kappa shape index (κ3) is 4.24. The second kappa shape index (κ2) is 7.90. The van der Waals surface area contributed by atoms with E-state index in [0.717, 1.165) is 24.0 Å². The van der Waals surface area contributed by atoms with Crippen LogP contribution < -0.4 is 5.73 Å². The maximum Gasteiger partial charge on any atom is 0.277 e. The number of benzene rings is 1. The summed E-state index contributed by atoms with van der Waals surface area (Å²) in [6.07, 6.45) is 1.53. The van der Waals surface area contributed by atoms with Crippen LogP contribution in [0, 0.1) is 12.8 Å². The zero-order valence-electron chi connectivity index (χ0n) is 14.8. The fraction of sp³-hybridized carbons (Fsp3) is 0.444. The van der Waals surface area contributed by atoms with Gasteiger partial charge in [0.2, 0.25) is 17.7 Å². The second-order valence-electron chi connectivity index (χ2n) is 6.53. The van der Waals surface area contributed by atoms with Gasteiger partial charge in [-0.25, -0.2) is 0 Å². The third-order valence-electron chi connectivity index (χ3n) is 4.47. The van der Waals surface area contributed by atoms with Gasteiger partial charge in [-0.05, 0) is 38.8 Å². The standard InChI is InChI=1S/C18H22N4O3S/c1-11-5-7-13(8-6-11)16-20-21-18(25-16)26-12(2)17(24)22-9-3-4-14(10-22)15(19)23/h5-8,12,14H,3-4,9-10H2,1-2H3,(H2,19,23). The number of aryl methyl sites for hydroxylation is 1. The van der Waals surface area contributed by atoms with Crippen molar-refractivity contribution in [3.8, 4) is 11.5 Å². The summed E-state index contributed by atoms with van der Waals surface area (Å²) in [5.74, 6) is -0.223. The van der Waals surface area contributed by atoms with Crippen molar-refractivity contribution in [2.45, 2.75) is 37.2 Å². The molecule has 2 unspecified atom stereocenters. The van der Waals surface area contributed by atoms with Crippen LogP contribution in [0.4, 0.5) is 0 Å². The number of carbonyl (C=O) groups excluding carboxylic acids is 2. The van der Waals surface area contributed by atoms with Crippen molar-refractivity contribution in [2.75, 3.05) is 13.1 Å². The van der Waals surface area contributed by atoms with Crippen LogP contribution in [-0.4, -0.2) is 45.3 Å². The third-order valence-corrected chi connectivity index (χ3v) is 5.39. The van der Waals surface area contributed by atoms with Crippen LogP contribution in [0.2, 0.25) is 0 Å². The highest BCUT2D eigenvalue weighted by molar-refractivity contribution is 8.00. The first-order valence-electron chi connectivity index (χ1n) is 8.59. The van der Waals surface area contributed by atoms with Gasteiger partial charge in [0.05, 0.1) is 11.2 Å². The van der Waals surface area contributed by atoms with Crippen molar-refractivity contribution in [3.05, 3.63) is 29.8 Å². The van der Waals surface area contributed by atoms with Crippen molar-refractivity contribution >= 4 is 23.6 Å². The number of likely N-dealkylation sites (tertiary alicyclic amines) is 1. The molecule has 1 fully saturated rings. The molecule has 0 aliphatic carbocycles. The van der Waals surface area contributed by atoms with Gasteiger partial charge in [0.25, 0.3) is 5.22 Å². The van der Waals surface area contributed by atoms with E-state index in [2.05, 4.69) is 10.2 Å². The summed E-state index contributed by atoms with van der Waals surface area (Å²) in [5.41, 5.74) is 7.37. The molecule has 1 aliphatic heterocycles. The molecule has 0 radical (unpaired) electrons. The van der Waals surface area contributed by atoms with E-state index in [9.17, 15) is 9.59 Å². The number of hydrogen-bond donors (Lipinski definition) is 1. The van der Waals surface area contributed by atoms with Gasteiger partial charge in [0.15, 0.2) is 0 Å². The summed E-state index contributed by atoms with van der Waals surface area (Å²) in [6, 6.07) is 7.79. The van der Waals surface area contributed by atoms with Gasteiger partial charge < -0.3 is 15.1 Å². The van der Waals surface area contributed by atoms with Crippen LogP contribution in [0.1, 0.15) is 25.3 Å². The van der Waals surface area contributed by atoms with Crippen LogP contribution in [-0.2, 0) is 9.59 Å². The van der Waals surface area contributed by atoms with E-state index >= 15 is 0 Å². The first-order chi connectivity index (χ1) is 12.4. The number of amides is 2. The number of aromatic nitrogens is 2. The smallest absolute Gasteiger partial charge is 0.277 e. The molecular weight excluding hydrogens is 352 g/mol. The molecule has 0 spiro atoms. The van der Waals surface area contributed by atoms with Crippen molar-refractivity contribution < 1.29 is 14.0 Å². The number of hydrogen-bond acceptors (Lipinski definition) is 6. The molecule has 2 heterocycles. The second-order valence-corrected chi connectivity index (χ2v) is 7.82. The Hall–Kier alpha value is -2.35. The molecule has 26 heavy (non-hydrogen) atoms.